The lowest BCUT2D eigenvalue weighted by Crippen LogP contribution is -2.40. The van der Waals surface area contributed by atoms with Crippen molar-refractivity contribution in [2.75, 3.05) is 39.3 Å². The molecular weight excluding hydrogens is 206 g/mol. The SMILES string of the molecule is CC(C)N(CCCO)CCN1CCNC1=O. The van der Waals surface area contributed by atoms with Gasteiger partial charge in [0, 0.05) is 45.4 Å². The molecule has 0 unspecified atom stereocenters. The van der Waals surface area contributed by atoms with Gasteiger partial charge in [0.2, 0.25) is 0 Å². The van der Waals surface area contributed by atoms with Crippen molar-refractivity contribution in [1.29, 1.82) is 0 Å². The fraction of sp³-hybridized carbons (Fsp3) is 0.909. The Hall–Kier alpha value is -0.810. The maximum atomic E-state index is 11.3. The summed E-state index contributed by atoms with van der Waals surface area (Å²) in [6.45, 7) is 8.63. The Bertz CT molecular complexity index is 221. The molecule has 0 aromatic heterocycles. The second-order valence-corrected chi connectivity index (χ2v) is 4.43. The van der Waals surface area contributed by atoms with Gasteiger partial charge in [-0.05, 0) is 20.3 Å². The summed E-state index contributed by atoms with van der Waals surface area (Å²) >= 11 is 0. The van der Waals surface area contributed by atoms with Crippen LogP contribution >= 0.6 is 0 Å². The normalized spacial score (nSPS) is 16.3. The van der Waals surface area contributed by atoms with Crippen LogP contribution in [0.2, 0.25) is 0 Å². The highest BCUT2D eigenvalue weighted by Crippen LogP contribution is 2.02. The van der Waals surface area contributed by atoms with Crippen molar-refractivity contribution in [3.63, 3.8) is 0 Å². The maximum Gasteiger partial charge on any atom is 0.317 e. The molecule has 0 atom stereocenters. The molecule has 0 aliphatic carbocycles. The Balaban J connectivity index is 2.28. The van der Waals surface area contributed by atoms with E-state index in [1.54, 1.807) is 0 Å². The zero-order valence-electron chi connectivity index (χ0n) is 10.3. The molecule has 1 heterocycles. The summed E-state index contributed by atoms with van der Waals surface area (Å²) in [7, 11) is 0. The molecule has 0 radical (unpaired) electrons. The standard InChI is InChI=1S/C11H23N3O2/c1-10(2)13(5-3-9-15)7-8-14-6-4-12-11(14)16/h10,15H,3-9H2,1-2H3,(H,12,16). The fourth-order valence-corrected chi connectivity index (χ4v) is 1.88. The molecule has 2 amide bonds. The Morgan fingerprint density at radius 2 is 2.25 bits per heavy atom. The Kier molecular flexibility index (Phi) is 5.55. The molecule has 0 bridgehead atoms. The Morgan fingerprint density at radius 3 is 2.75 bits per heavy atom. The Morgan fingerprint density at radius 1 is 1.50 bits per heavy atom. The van der Waals surface area contributed by atoms with E-state index in [9.17, 15) is 4.79 Å². The van der Waals surface area contributed by atoms with Gasteiger partial charge in [-0.1, -0.05) is 0 Å². The largest absolute Gasteiger partial charge is 0.396 e. The van der Waals surface area contributed by atoms with E-state index in [2.05, 4.69) is 24.1 Å². The van der Waals surface area contributed by atoms with E-state index in [1.807, 2.05) is 4.90 Å². The van der Waals surface area contributed by atoms with Crippen LogP contribution in [0.1, 0.15) is 20.3 Å². The molecule has 0 aromatic carbocycles. The van der Waals surface area contributed by atoms with E-state index in [1.165, 1.54) is 0 Å². The number of hydrogen-bond donors (Lipinski definition) is 2. The van der Waals surface area contributed by atoms with Crippen molar-refractivity contribution in [2.45, 2.75) is 26.3 Å². The lowest BCUT2D eigenvalue weighted by Gasteiger charge is -2.28. The highest BCUT2D eigenvalue weighted by molar-refractivity contribution is 5.76. The highest BCUT2D eigenvalue weighted by Gasteiger charge is 2.20. The van der Waals surface area contributed by atoms with Crippen molar-refractivity contribution < 1.29 is 9.90 Å². The number of aliphatic hydroxyl groups excluding tert-OH is 1. The third-order valence-electron chi connectivity index (χ3n) is 2.94. The lowest BCUT2D eigenvalue weighted by molar-refractivity contribution is 0.169. The molecule has 94 valence electrons. The van der Waals surface area contributed by atoms with E-state index in [0.717, 1.165) is 39.1 Å². The summed E-state index contributed by atoms with van der Waals surface area (Å²) in [5.41, 5.74) is 0. The minimum absolute atomic E-state index is 0.0471. The quantitative estimate of drug-likeness (QED) is 0.651. The molecule has 5 nitrogen and oxygen atoms in total. The van der Waals surface area contributed by atoms with Gasteiger partial charge in [0.05, 0.1) is 0 Å². The summed E-state index contributed by atoms with van der Waals surface area (Å²) in [5.74, 6) is 0. The monoisotopic (exact) mass is 229 g/mol. The number of nitrogens with zero attached hydrogens (tertiary/aromatic N) is 2. The number of amides is 2. The summed E-state index contributed by atoms with van der Waals surface area (Å²) in [6, 6.07) is 0.503. The number of carbonyl (C=O) groups is 1. The minimum Gasteiger partial charge on any atom is -0.396 e. The van der Waals surface area contributed by atoms with E-state index < -0.39 is 0 Å². The van der Waals surface area contributed by atoms with Crippen molar-refractivity contribution in [3.05, 3.63) is 0 Å². The molecule has 0 aromatic rings. The van der Waals surface area contributed by atoms with Crippen LogP contribution in [0.3, 0.4) is 0 Å². The van der Waals surface area contributed by atoms with Gasteiger partial charge in [0.25, 0.3) is 0 Å². The van der Waals surface area contributed by atoms with Gasteiger partial charge in [-0.25, -0.2) is 4.79 Å². The zero-order chi connectivity index (χ0) is 12.0. The summed E-state index contributed by atoms with van der Waals surface area (Å²) in [4.78, 5) is 15.5. The minimum atomic E-state index is 0.0471. The van der Waals surface area contributed by atoms with E-state index in [4.69, 9.17) is 5.11 Å². The molecule has 1 rings (SSSR count). The predicted octanol–water partition coefficient (Wildman–Crippen LogP) is 0.104. The van der Waals surface area contributed by atoms with Gasteiger partial charge >= 0.3 is 6.03 Å². The third kappa shape index (κ3) is 3.98. The summed E-state index contributed by atoms with van der Waals surface area (Å²) < 4.78 is 0. The average molecular weight is 229 g/mol. The highest BCUT2D eigenvalue weighted by atomic mass is 16.3. The topological polar surface area (TPSA) is 55.8 Å². The number of urea groups is 1. The van der Waals surface area contributed by atoms with Gasteiger partial charge in [0.15, 0.2) is 0 Å². The molecule has 2 N–H and O–H groups in total. The zero-order valence-corrected chi connectivity index (χ0v) is 10.3. The molecule has 1 aliphatic heterocycles. The smallest absolute Gasteiger partial charge is 0.317 e. The fourth-order valence-electron chi connectivity index (χ4n) is 1.88. The van der Waals surface area contributed by atoms with Crippen LogP contribution in [0.5, 0.6) is 0 Å². The van der Waals surface area contributed by atoms with E-state index >= 15 is 0 Å². The van der Waals surface area contributed by atoms with Gasteiger partial charge in [-0.3, -0.25) is 4.90 Å². The molecule has 16 heavy (non-hydrogen) atoms. The van der Waals surface area contributed by atoms with Crippen LogP contribution in [0, 0.1) is 0 Å². The first-order chi connectivity index (χ1) is 7.65. The van der Waals surface area contributed by atoms with Crippen LogP contribution in [-0.2, 0) is 0 Å². The van der Waals surface area contributed by atoms with Gasteiger partial charge in [-0.15, -0.1) is 0 Å². The Labute approximate surface area is 97.4 Å². The van der Waals surface area contributed by atoms with Crippen LogP contribution in [0.15, 0.2) is 0 Å². The molecule has 1 saturated heterocycles. The van der Waals surface area contributed by atoms with Crippen molar-refractivity contribution >= 4 is 6.03 Å². The summed E-state index contributed by atoms with van der Waals surface area (Å²) in [6.07, 6.45) is 0.796. The van der Waals surface area contributed by atoms with Gasteiger partial charge < -0.3 is 15.3 Å². The van der Waals surface area contributed by atoms with Gasteiger partial charge in [0.1, 0.15) is 0 Å². The number of nitrogens with one attached hydrogen (secondary N) is 1. The first-order valence-electron chi connectivity index (χ1n) is 6.03. The molecular formula is C11H23N3O2. The average Bonchev–Trinajstić information content (AvgIpc) is 2.64. The van der Waals surface area contributed by atoms with Crippen LogP contribution in [0.25, 0.3) is 0 Å². The van der Waals surface area contributed by atoms with Crippen LogP contribution < -0.4 is 5.32 Å². The molecule has 0 spiro atoms. The second-order valence-electron chi connectivity index (χ2n) is 4.43. The number of hydrogen-bond acceptors (Lipinski definition) is 3. The lowest BCUT2D eigenvalue weighted by atomic mass is 10.3. The molecule has 0 saturated carbocycles. The summed E-state index contributed by atoms with van der Waals surface area (Å²) in [5, 5.41) is 11.6. The molecule has 5 heteroatoms. The van der Waals surface area contributed by atoms with Crippen LogP contribution in [-0.4, -0.2) is 66.3 Å². The van der Waals surface area contributed by atoms with Crippen molar-refractivity contribution in [1.82, 2.24) is 15.1 Å². The van der Waals surface area contributed by atoms with Crippen molar-refractivity contribution in [2.24, 2.45) is 0 Å². The van der Waals surface area contributed by atoms with Gasteiger partial charge in [-0.2, -0.15) is 0 Å². The number of aliphatic hydroxyl groups is 1. The first kappa shape index (κ1) is 13.3. The number of carbonyl (C=O) groups excluding carboxylic acids is 1. The first-order valence-corrected chi connectivity index (χ1v) is 6.03. The number of rotatable bonds is 7. The van der Waals surface area contributed by atoms with E-state index in [0.29, 0.717) is 6.04 Å². The molecule has 1 aliphatic rings. The predicted molar refractivity (Wildman–Crippen MR) is 63.4 cm³/mol. The van der Waals surface area contributed by atoms with Crippen LogP contribution in [0.4, 0.5) is 4.79 Å². The van der Waals surface area contributed by atoms with E-state index in [-0.39, 0.29) is 12.6 Å². The maximum absolute atomic E-state index is 11.3. The van der Waals surface area contributed by atoms with Crippen molar-refractivity contribution in [3.8, 4) is 0 Å². The second kappa shape index (κ2) is 6.70. The third-order valence-corrected chi connectivity index (χ3v) is 2.94. The molecule has 1 fully saturated rings.